The molecule has 0 amide bonds. The lowest BCUT2D eigenvalue weighted by atomic mass is 10.1. The summed E-state index contributed by atoms with van der Waals surface area (Å²) in [5, 5.41) is 1.18. The summed E-state index contributed by atoms with van der Waals surface area (Å²) in [5.41, 5.74) is 3.46. The molecule has 0 fully saturated rings. The van der Waals surface area contributed by atoms with Crippen molar-refractivity contribution in [1.29, 1.82) is 0 Å². The minimum atomic E-state index is 0.774. The highest BCUT2D eigenvalue weighted by molar-refractivity contribution is 5.91. The van der Waals surface area contributed by atoms with Crippen molar-refractivity contribution in [3.63, 3.8) is 0 Å². The van der Waals surface area contributed by atoms with E-state index in [0.717, 1.165) is 17.9 Å². The van der Waals surface area contributed by atoms with E-state index in [1.807, 2.05) is 30.2 Å². The molecule has 102 valence electrons. The van der Waals surface area contributed by atoms with Gasteiger partial charge in [0, 0.05) is 43.8 Å². The molecule has 1 aromatic carbocycles. The van der Waals surface area contributed by atoms with Crippen molar-refractivity contribution in [2.45, 2.75) is 13.5 Å². The molecule has 0 radical (unpaired) electrons. The second-order valence-corrected chi connectivity index (χ2v) is 5.16. The van der Waals surface area contributed by atoms with Gasteiger partial charge in [-0.15, -0.1) is 0 Å². The van der Waals surface area contributed by atoms with Crippen LogP contribution >= 0.6 is 0 Å². The third-order valence-electron chi connectivity index (χ3n) is 3.58. The molecule has 0 N–H and O–H groups in total. The largest absolute Gasteiger partial charge is 0.367 e. The zero-order chi connectivity index (χ0) is 14.1. The van der Waals surface area contributed by atoms with Crippen molar-refractivity contribution in [3.8, 4) is 0 Å². The van der Waals surface area contributed by atoms with E-state index in [1.165, 1.54) is 16.6 Å². The number of hydrogen-bond donors (Lipinski definition) is 0. The van der Waals surface area contributed by atoms with Gasteiger partial charge in [-0.05, 0) is 25.1 Å². The molecule has 0 bridgehead atoms. The van der Waals surface area contributed by atoms with E-state index in [4.69, 9.17) is 0 Å². The van der Waals surface area contributed by atoms with Gasteiger partial charge in [-0.2, -0.15) is 0 Å². The first-order chi connectivity index (χ1) is 9.65. The summed E-state index contributed by atoms with van der Waals surface area (Å²) in [6, 6.07) is 8.41. The van der Waals surface area contributed by atoms with E-state index in [-0.39, 0.29) is 0 Å². The first kappa shape index (κ1) is 12.7. The van der Waals surface area contributed by atoms with Gasteiger partial charge >= 0.3 is 0 Å². The lowest BCUT2D eigenvalue weighted by Gasteiger charge is -2.20. The standard InChI is InChI=1S/C16H18N4/c1-12-4-5-14-13(10-12)15(6-7-17-14)20(3)11-16-18-8-9-19(16)2/h4-10H,11H2,1-3H3. The van der Waals surface area contributed by atoms with Crippen LogP contribution in [0.1, 0.15) is 11.4 Å². The van der Waals surface area contributed by atoms with Gasteiger partial charge in [0.05, 0.1) is 12.1 Å². The third kappa shape index (κ3) is 2.25. The summed E-state index contributed by atoms with van der Waals surface area (Å²) < 4.78 is 2.05. The Morgan fingerprint density at radius 2 is 2.00 bits per heavy atom. The van der Waals surface area contributed by atoms with Crippen molar-refractivity contribution in [1.82, 2.24) is 14.5 Å². The first-order valence-electron chi connectivity index (χ1n) is 6.68. The van der Waals surface area contributed by atoms with Gasteiger partial charge in [-0.3, -0.25) is 4.98 Å². The second-order valence-electron chi connectivity index (χ2n) is 5.16. The Morgan fingerprint density at radius 1 is 1.15 bits per heavy atom. The molecular weight excluding hydrogens is 248 g/mol. The van der Waals surface area contributed by atoms with Crippen LogP contribution in [0.5, 0.6) is 0 Å². The van der Waals surface area contributed by atoms with E-state index >= 15 is 0 Å². The van der Waals surface area contributed by atoms with Gasteiger partial charge in [0.25, 0.3) is 0 Å². The third-order valence-corrected chi connectivity index (χ3v) is 3.58. The minimum Gasteiger partial charge on any atom is -0.367 e. The molecule has 20 heavy (non-hydrogen) atoms. The molecule has 0 saturated heterocycles. The summed E-state index contributed by atoms with van der Waals surface area (Å²) in [6.45, 7) is 2.88. The predicted octanol–water partition coefficient (Wildman–Crippen LogP) is 2.91. The van der Waals surface area contributed by atoms with E-state index in [9.17, 15) is 0 Å². The number of anilines is 1. The molecule has 4 nitrogen and oxygen atoms in total. The maximum absolute atomic E-state index is 4.43. The molecule has 0 unspecified atom stereocenters. The lowest BCUT2D eigenvalue weighted by molar-refractivity contribution is 0.763. The molecule has 0 aliphatic rings. The SMILES string of the molecule is Cc1ccc2nccc(N(C)Cc3nccn3C)c2c1. The van der Waals surface area contributed by atoms with Crippen LogP contribution in [0.2, 0.25) is 0 Å². The molecule has 4 heteroatoms. The number of aryl methyl sites for hydroxylation is 2. The van der Waals surface area contributed by atoms with E-state index in [2.05, 4.69) is 53.1 Å². The molecular formula is C16H18N4. The van der Waals surface area contributed by atoms with E-state index in [0.29, 0.717) is 0 Å². The van der Waals surface area contributed by atoms with Crippen molar-refractivity contribution < 1.29 is 0 Å². The van der Waals surface area contributed by atoms with Crippen molar-refractivity contribution in [2.75, 3.05) is 11.9 Å². The molecule has 3 aromatic rings. The lowest BCUT2D eigenvalue weighted by Crippen LogP contribution is -2.19. The average molecular weight is 266 g/mol. The average Bonchev–Trinajstić information content (AvgIpc) is 2.83. The number of pyridine rings is 1. The quantitative estimate of drug-likeness (QED) is 0.731. The maximum atomic E-state index is 4.43. The molecule has 0 aliphatic carbocycles. The van der Waals surface area contributed by atoms with Crippen LogP contribution in [0.15, 0.2) is 42.9 Å². The second kappa shape index (κ2) is 4.96. The highest BCUT2D eigenvalue weighted by Gasteiger charge is 2.09. The Hall–Kier alpha value is -2.36. The molecule has 0 saturated carbocycles. The van der Waals surface area contributed by atoms with Crippen molar-refractivity contribution in [2.24, 2.45) is 7.05 Å². The Labute approximate surface area is 118 Å². The molecule has 2 aromatic heterocycles. The smallest absolute Gasteiger partial charge is 0.127 e. The molecule has 0 aliphatic heterocycles. The van der Waals surface area contributed by atoms with Gasteiger partial charge in [-0.25, -0.2) is 4.98 Å². The summed E-state index contributed by atoms with van der Waals surface area (Å²) in [5.74, 6) is 1.05. The van der Waals surface area contributed by atoms with Crippen molar-refractivity contribution in [3.05, 3.63) is 54.2 Å². The number of nitrogens with zero attached hydrogens (tertiary/aromatic N) is 4. The van der Waals surface area contributed by atoms with Gasteiger partial charge in [0.2, 0.25) is 0 Å². The molecule has 3 rings (SSSR count). The monoisotopic (exact) mass is 266 g/mol. The fourth-order valence-corrected chi connectivity index (χ4v) is 2.42. The van der Waals surface area contributed by atoms with E-state index < -0.39 is 0 Å². The molecule has 0 atom stereocenters. The normalized spacial score (nSPS) is 10.9. The van der Waals surface area contributed by atoms with Crippen LogP contribution in [0.4, 0.5) is 5.69 Å². The Morgan fingerprint density at radius 3 is 2.75 bits per heavy atom. The minimum absolute atomic E-state index is 0.774. The highest BCUT2D eigenvalue weighted by atomic mass is 15.2. The van der Waals surface area contributed by atoms with Crippen LogP contribution in [0, 0.1) is 6.92 Å². The van der Waals surface area contributed by atoms with Crippen LogP contribution in [-0.4, -0.2) is 21.6 Å². The number of rotatable bonds is 3. The predicted molar refractivity (Wildman–Crippen MR) is 81.8 cm³/mol. The number of fused-ring (bicyclic) bond motifs is 1. The summed E-state index contributed by atoms with van der Waals surface area (Å²) in [7, 11) is 4.11. The topological polar surface area (TPSA) is 34.0 Å². The summed E-state index contributed by atoms with van der Waals surface area (Å²) in [6.07, 6.45) is 5.66. The van der Waals surface area contributed by atoms with Crippen LogP contribution in [0.3, 0.4) is 0 Å². The first-order valence-corrected chi connectivity index (χ1v) is 6.68. The number of benzene rings is 1. The number of aromatic nitrogens is 3. The van der Waals surface area contributed by atoms with Gasteiger partial charge in [0.15, 0.2) is 0 Å². The fourth-order valence-electron chi connectivity index (χ4n) is 2.42. The highest BCUT2D eigenvalue weighted by Crippen LogP contribution is 2.26. The zero-order valence-electron chi connectivity index (χ0n) is 12.0. The van der Waals surface area contributed by atoms with E-state index in [1.54, 1.807) is 0 Å². The molecule has 0 spiro atoms. The summed E-state index contributed by atoms with van der Waals surface area (Å²) >= 11 is 0. The van der Waals surface area contributed by atoms with Crippen LogP contribution in [-0.2, 0) is 13.6 Å². The van der Waals surface area contributed by atoms with Crippen molar-refractivity contribution >= 4 is 16.6 Å². The summed E-state index contributed by atoms with van der Waals surface area (Å²) in [4.78, 5) is 11.0. The van der Waals surface area contributed by atoms with Crippen LogP contribution < -0.4 is 4.90 Å². The maximum Gasteiger partial charge on any atom is 0.127 e. The van der Waals surface area contributed by atoms with Gasteiger partial charge in [0.1, 0.15) is 5.82 Å². The van der Waals surface area contributed by atoms with Gasteiger partial charge in [-0.1, -0.05) is 11.6 Å². The fraction of sp³-hybridized carbons (Fsp3) is 0.250. The Bertz CT molecular complexity index is 745. The zero-order valence-corrected chi connectivity index (χ0v) is 12.0. The Kier molecular flexibility index (Phi) is 3.14. The van der Waals surface area contributed by atoms with Gasteiger partial charge < -0.3 is 9.47 Å². The Balaban J connectivity index is 2.01. The number of imidazole rings is 1. The molecule has 2 heterocycles. The number of hydrogen-bond acceptors (Lipinski definition) is 3. The van der Waals surface area contributed by atoms with Crippen LogP contribution in [0.25, 0.3) is 10.9 Å².